The van der Waals surface area contributed by atoms with Gasteiger partial charge in [0.15, 0.2) is 0 Å². The van der Waals surface area contributed by atoms with Gasteiger partial charge in [-0.1, -0.05) is 190 Å². The number of anilines is 3. The lowest BCUT2D eigenvalue weighted by molar-refractivity contribution is 0.447. The summed E-state index contributed by atoms with van der Waals surface area (Å²) in [6, 6.07) is 82.7. The Balaban J connectivity index is 0.994. The van der Waals surface area contributed by atoms with Crippen molar-refractivity contribution >= 4 is 60.5 Å². The minimum Gasteiger partial charge on any atom is -0.456 e. The van der Waals surface area contributed by atoms with Crippen molar-refractivity contribution < 1.29 is 9.15 Å². The first kappa shape index (κ1) is 38.4. The first-order valence-electron chi connectivity index (χ1n) is 24.0. The molecule has 0 bridgehead atoms. The summed E-state index contributed by atoms with van der Waals surface area (Å²) in [6.45, 7) is 4.73. The first-order valence-corrected chi connectivity index (χ1v) is 24.0. The molecule has 0 unspecified atom stereocenters. The van der Waals surface area contributed by atoms with Gasteiger partial charge in [0.25, 0.3) is 0 Å². The molecular formula is C66H43NO2. The maximum absolute atomic E-state index is 7.31. The van der Waals surface area contributed by atoms with E-state index < -0.39 is 5.41 Å². The number of hydrogen-bond acceptors (Lipinski definition) is 3. The third kappa shape index (κ3) is 5.17. The number of furan rings is 1. The molecule has 11 aromatic carbocycles. The summed E-state index contributed by atoms with van der Waals surface area (Å²) < 4.78 is 13.5. The third-order valence-corrected chi connectivity index (χ3v) is 15.7. The molecule has 1 spiro atoms. The molecule has 0 N–H and O–H groups in total. The van der Waals surface area contributed by atoms with Crippen LogP contribution in [0.5, 0.6) is 11.5 Å². The number of fused-ring (bicyclic) bond motifs is 19. The summed E-state index contributed by atoms with van der Waals surface area (Å²) >= 11 is 0. The molecule has 2 heterocycles. The highest BCUT2D eigenvalue weighted by Crippen LogP contribution is 2.65. The lowest BCUT2D eigenvalue weighted by atomic mass is 9.65. The Morgan fingerprint density at radius 1 is 0.362 bits per heavy atom. The van der Waals surface area contributed by atoms with E-state index in [0.717, 1.165) is 94.3 Å². The zero-order valence-electron chi connectivity index (χ0n) is 38.1. The highest BCUT2D eigenvalue weighted by atomic mass is 16.5. The van der Waals surface area contributed by atoms with Gasteiger partial charge in [-0.3, -0.25) is 0 Å². The van der Waals surface area contributed by atoms with Gasteiger partial charge in [0.2, 0.25) is 0 Å². The molecule has 3 aliphatic rings. The van der Waals surface area contributed by atoms with Crippen LogP contribution in [0.2, 0.25) is 0 Å². The summed E-state index contributed by atoms with van der Waals surface area (Å²) in [5.41, 5.74) is 19.1. The van der Waals surface area contributed by atoms with Crippen LogP contribution >= 0.6 is 0 Å². The van der Waals surface area contributed by atoms with Crippen molar-refractivity contribution in [2.24, 2.45) is 0 Å². The first-order chi connectivity index (χ1) is 34.0. The van der Waals surface area contributed by atoms with E-state index in [1.165, 1.54) is 44.5 Å². The molecule has 12 aromatic rings. The molecule has 0 saturated heterocycles. The molecule has 69 heavy (non-hydrogen) atoms. The van der Waals surface area contributed by atoms with Crippen LogP contribution in [0.25, 0.3) is 76.9 Å². The number of para-hydroxylation sites is 1. The Morgan fingerprint density at radius 3 is 1.70 bits per heavy atom. The Hall–Kier alpha value is -8.66. The van der Waals surface area contributed by atoms with E-state index in [1.54, 1.807) is 0 Å². The van der Waals surface area contributed by atoms with Crippen LogP contribution in [-0.4, -0.2) is 0 Å². The molecular weight excluding hydrogens is 839 g/mol. The number of hydrogen-bond donors (Lipinski definition) is 0. The van der Waals surface area contributed by atoms with Gasteiger partial charge in [0.05, 0.1) is 11.1 Å². The van der Waals surface area contributed by atoms with E-state index in [0.29, 0.717) is 0 Å². The van der Waals surface area contributed by atoms with Gasteiger partial charge in [-0.2, -0.15) is 0 Å². The largest absolute Gasteiger partial charge is 0.456 e. The molecule has 1 aromatic heterocycles. The molecule has 2 aliphatic carbocycles. The van der Waals surface area contributed by atoms with Crippen molar-refractivity contribution in [3.05, 3.63) is 258 Å². The van der Waals surface area contributed by atoms with E-state index in [1.807, 2.05) is 12.1 Å². The standard InChI is InChI=1S/C66H43NO2/c1-65(2)53-21-10-8-20-51(53)62-55(65)23-13-24-59(62)67(44-31-26-40(27-32-44)43-30-37-61-52(38-43)50-19-9-12-25-60(50)68-61)45-33-34-49-48-18-7-11-22-54(48)66(58(49)39-45)56-35-28-41-14-3-5-16-46(41)63(56)69-64-47-17-6-4-15-42(47)29-36-57(64)66/h3-39H,1-2H3. The highest BCUT2D eigenvalue weighted by molar-refractivity contribution is 6.07. The van der Waals surface area contributed by atoms with E-state index in [-0.39, 0.29) is 5.41 Å². The van der Waals surface area contributed by atoms with Gasteiger partial charge in [0.1, 0.15) is 22.7 Å². The second kappa shape index (κ2) is 13.9. The topological polar surface area (TPSA) is 25.6 Å². The monoisotopic (exact) mass is 881 g/mol. The van der Waals surface area contributed by atoms with E-state index >= 15 is 0 Å². The molecule has 0 saturated carbocycles. The van der Waals surface area contributed by atoms with Crippen LogP contribution in [0.1, 0.15) is 47.2 Å². The molecule has 3 nitrogen and oxygen atoms in total. The Labute approximate surface area is 400 Å². The van der Waals surface area contributed by atoms with Crippen LogP contribution < -0.4 is 9.64 Å². The molecule has 3 heteroatoms. The molecule has 0 fully saturated rings. The Bertz CT molecular complexity index is 4070. The number of rotatable bonds is 4. The number of benzene rings is 11. The lowest BCUT2D eigenvalue weighted by Gasteiger charge is -2.40. The Kier molecular flexibility index (Phi) is 7.77. The van der Waals surface area contributed by atoms with Gasteiger partial charge in [-0.15, -0.1) is 0 Å². The maximum Gasteiger partial charge on any atom is 0.140 e. The summed E-state index contributed by atoms with van der Waals surface area (Å²) in [5, 5.41) is 6.79. The molecule has 0 atom stereocenters. The van der Waals surface area contributed by atoms with Gasteiger partial charge < -0.3 is 14.1 Å². The minimum atomic E-state index is -0.683. The van der Waals surface area contributed by atoms with Crippen molar-refractivity contribution in [2.45, 2.75) is 24.7 Å². The van der Waals surface area contributed by atoms with Crippen molar-refractivity contribution in [1.82, 2.24) is 0 Å². The normalized spacial score (nSPS) is 14.3. The molecule has 15 rings (SSSR count). The second-order valence-electron chi connectivity index (χ2n) is 19.5. The predicted molar refractivity (Wildman–Crippen MR) is 284 cm³/mol. The fraction of sp³-hybridized carbons (Fsp3) is 0.0606. The third-order valence-electron chi connectivity index (χ3n) is 15.7. The zero-order chi connectivity index (χ0) is 45.6. The second-order valence-corrected chi connectivity index (χ2v) is 19.5. The summed E-state index contributed by atoms with van der Waals surface area (Å²) in [6.07, 6.45) is 0. The van der Waals surface area contributed by atoms with Crippen LogP contribution in [-0.2, 0) is 10.8 Å². The lowest BCUT2D eigenvalue weighted by Crippen LogP contribution is -2.32. The van der Waals surface area contributed by atoms with Gasteiger partial charge >= 0.3 is 0 Å². The van der Waals surface area contributed by atoms with Crippen LogP contribution in [0.4, 0.5) is 17.1 Å². The highest BCUT2D eigenvalue weighted by Gasteiger charge is 2.52. The summed E-state index contributed by atoms with van der Waals surface area (Å²) in [4.78, 5) is 2.51. The van der Waals surface area contributed by atoms with Gasteiger partial charge in [-0.25, -0.2) is 0 Å². The van der Waals surface area contributed by atoms with Gasteiger partial charge in [0, 0.05) is 55.0 Å². The van der Waals surface area contributed by atoms with Crippen LogP contribution in [0.3, 0.4) is 0 Å². The van der Waals surface area contributed by atoms with Crippen LogP contribution in [0, 0.1) is 0 Å². The van der Waals surface area contributed by atoms with E-state index in [2.05, 4.69) is 231 Å². The van der Waals surface area contributed by atoms with E-state index in [9.17, 15) is 0 Å². The molecule has 324 valence electrons. The fourth-order valence-corrected chi connectivity index (χ4v) is 12.6. The smallest absolute Gasteiger partial charge is 0.140 e. The Morgan fingerprint density at radius 2 is 0.942 bits per heavy atom. The fourth-order valence-electron chi connectivity index (χ4n) is 12.6. The maximum atomic E-state index is 7.31. The van der Waals surface area contributed by atoms with Crippen molar-refractivity contribution in [3.63, 3.8) is 0 Å². The molecule has 0 amide bonds. The van der Waals surface area contributed by atoms with Crippen molar-refractivity contribution in [3.8, 4) is 44.9 Å². The SMILES string of the molecule is CC1(C)c2ccccc2-c2c(N(c3ccc(-c4ccc5oc6ccccc6c5c4)cc3)c3ccc4c(c3)C3(c5ccccc5-4)c4ccc5ccccc5c4Oc4c3ccc3ccccc43)cccc21. The van der Waals surface area contributed by atoms with Crippen molar-refractivity contribution in [1.29, 1.82) is 0 Å². The van der Waals surface area contributed by atoms with E-state index in [4.69, 9.17) is 9.15 Å². The molecule has 0 radical (unpaired) electrons. The van der Waals surface area contributed by atoms with Gasteiger partial charge in [-0.05, 0) is 109 Å². The average molecular weight is 882 g/mol. The number of ether oxygens (including phenoxy) is 1. The summed E-state index contributed by atoms with van der Waals surface area (Å²) in [7, 11) is 0. The van der Waals surface area contributed by atoms with Crippen LogP contribution in [0.15, 0.2) is 229 Å². The average Bonchev–Trinajstić information content (AvgIpc) is 4.00. The molecule has 1 aliphatic heterocycles. The van der Waals surface area contributed by atoms with Crippen molar-refractivity contribution in [2.75, 3.05) is 4.90 Å². The zero-order valence-corrected chi connectivity index (χ0v) is 38.1. The summed E-state index contributed by atoms with van der Waals surface area (Å²) in [5.74, 6) is 1.83. The minimum absolute atomic E-state index is 0.169. The predicted octanol–water partition coefficient (Wildman–Crippen LogP) is 17.8. The quantitative estimate of drug-likeness (QED) is 0.176. The number of nitrogens with zero attached hydrogens (tertiary/aromatic N) is 1.